The topological polar surface area (TPSA) is 101 Å². The summed E-state index contributed by atoms with van der Waals surface area (Å²) in [4.78, 5) is 27.0. The van der Waals surface area contributed by atoms with Gasteiger partial charge >= 0.3 is 7.12 Å². The van der Waals surface area contributed by atoms with Crippen molar-refractivity contribution in [2.75, 3.05) is 0 Å². The van der Waals surface area contributed by atoms with Crippen molar-refractivity contribution in [1.82, 2.24) is 10.6 Å². The van der Waals surface area contributed by atoms with Crippen molar-refractivity contribution >= 4 is 30.3 Å². The van der Waals surface area contributed by atoms with Crippen LogP contribution in [0.4, 0.5) is 11.4 Å². The lowest BCUT2D eigenvalue weighted by Crippen LogP contribution is -2.55. The summed E-state index contributed by atoms with van der Waals surface area (Å²) >= 11 is 0. The van der Waals surface area contributed by atoms with Crippen LogP contribution in [0.1, 0.15) is 63.9 Å². The summed E-state index contributed by atoms with van der Waals surface area (Å²) in [6, 6.07) is 25.4. The maximum atomic E-state index is 13.7. The largest absolute Gasteiger partial charge is 0.482 e. The fourth-order valence-electron chi connectivity index (χ4n) is 4.65. The third kappa shape index (κ3) is 8.14. The van der Waals surface area contributed by atoms with Gasteiger partial charge in [-0.05, 0) is 88.4 Å². The van der Waals surface area contributed by atoms with Crippen LogP contribution in [0.25, 0.3) is 0 Å². The molecule has 0 saturated carbocycles. The number of nitrogens with one attached hydrogen (secondary N) is 2. The van der Waals surface area contributed by atoms with E-state index in [1.165, 1.54) is 0 Å². The fourth-order valence-corrected chi connectivity index (χ4v) is 4.65. The van der Waals surface area contributed by atoms with E-state index in [1.54, 1.807) is 24.3 Å². The number of hydrogen-bond donors (Lipinski definition) is 2. The Morgan fingerprint density at radius 1 is 0.762 bits per heavy atom. The molecule has 220 valence electrons. The number of nitrogens with zero attached hydrogens (tertiary/aromatic N) is 2. The highest BCUT2D eigenvalue weighted by molar-refractivity contribution is 6.48. The third-order valence-electron chi connectivity index (χ3n) is 7.72. The molecule has 1 heterocycles. The second-order valence-corrected chi connectivity index (χ2v) is 12.2. The molecule has 2 atom stereocenters. The molecule has 9 heteroatoms. The molecule has 1 fully saturated rings. The Bertz CT molecular complexity index is 1350. The van der Waals surface area contributed by atoms with Crippen molar-refractivity contribution in [3.63, 3.8) is 0 Å². The molecule has 1 saturated heterocycles. The number of benzene rings is 3. The SMILES string of the molecule is CC(C)C[C@H](NC(=O)c1ccc(N=Nc2ccccc2)cc1)C(=O)N[C@@H](Cc1ccccc1)B1OC(C)(C)C(C)(C)O1. The van der Waals surface area contributed by atoms with Crippen molar-refractivity contribution in [3.8, 4) is 0 Å². The zero-order valence-electron chi connectivity index (χ0n) is 25.3. The number of hydrogen-bond acceptors (Lipinski definition) is 6. The van der Waals surface area contributed by atoms with Gasteiger partial charge in [-0.1, -0.05) is 62.4 Å². The second-order valence-electron chi connectivity index (χ2n) is 12.2. The minimum Gasteiger partial charge on any atom is -0.402 e. The first-order chi connectivity index (χ1) is 19.9. The Balaban J connectivity index is 1.47. The van der Waals surface area contributed by atoms with E-state index in [4.69, 9.17) is 9.31 Å². The monoisotopic (exact) mass is 568 g/mol. The molecule has 0 unspecified atom stereocenters. The van der Waals surface area contributed by atoms with E-state index in [0.717, 1.165) is 11.3 Å². The fraction of sp³-hybridized carbons (Fsp3) is 0.394. The Hall–Kier alpha value is -3.82. The maximum absolute atomic E-state index is 13.7. The van der Waals surface area contributed by atoms with Gasteiger partial charge in [0.2, 0.25) is 5.91 Å². The molecule has 42 heavy (non-hydrogen) atoms. The third-order valence-corrected chi connectivity index (χ3v) is 7.72. The molecule has 3 aromatic rings. The van der Waals surface area contributed by atoms with Gasteiger partial charge in [-0.3, -0.25) is 9.59 Å². The quantitative estimate of drug-likeness (QED) is 0.201. The molecule has 0 aromatic heterocycles. The van der Waals surface area contributed by atoms with Gasteiger partial charge in [-0.25, -0.2) is 0 Å². The molecule has 1 aliphatic heterocycles. The molecule has 0 spiro atoms. The summed E-state index contributed by atoms with van der Waals surface area (Å²) in [5.74, 6) is -0.897. The van der Waals surface area contributed by atoms with E-state index in [-0.39, 0.29) is 17.7 Å². The lowest BCUT2D eigenvalue weighted by Gasteiger charge is -2.32. The molecular weight excluding hydrogens is 527 g/mol. The lowest BCUT2D eigenvalue weighted by atomic mass is 9.74. The first-order valence-electron chi connectivity index (χ1n) is 14.5. The summed E-state index contributed by atoms with van der Waals surface area (Å²) in [5, 5.41) is 14.6. The summed E-state index contributed by atoms with van der Waals surface area (Å²) in [6.07, 6.45) is 0.993. The molecule has 4 rings (SSSR count). The van der Waals surface area contributed by atoms with E-state index >= 15 is 0 Å². The zero-order valence-corrected chi connectivity index (χ0v) is 25.3. The Morgan fingerprint density at radius 2 is 1.29 bits per heavy atom. The number of azo groups is 1. The second kappa shape index (κ2) is 13.4. The van der Waals surface area contributed by atoms with E-state index in [1.807, 2.05) is 102 Å². The summed E-state index contributed by atoms with van der Waals surface area (Å²) in [6.45, 7) is 12.0. The standard InChI is InChI=1S/C33H41BN4O4/c1-23(2)21-28(35-30(39)25-17-19-27(20-18-25)38-37-26-15-11-8-12-16-26)31(40)36-29(22-24-13-9-7-10-14-24)34-41-32(3,4)33(5,6)42-34/h7-20,23,28-29H,21-22H2,1-6H3,(H,35,39)(H,36,40)/t28-,29-/m0/s1. The van der Waals surface area contributed by atoms with Crippen LogP contribution in [0.5, 0.6) is 0 Å². The van der Waals surface area contributed by atoms with Crippen LogP contribution in [-0.4, -0.2) is 42.1 Å². The van der Waals surface area contributed by atoms with Crippen LogP contribution in [0, 0.1) is 5.92 Å². The molecular formula is C33H41BN4O4. The Morgan fingerprint density at radius 3 is 1.83 bits per heavy atom. The van der Waals surface area contributed by atoms with Gasteiger partial charge in [-0.15, -0.1) is 0 Å². The van der Waals surface area contributed by atoms with Crippen LogP contribution in [0.15, 0.2) is 95.2 Å². The van der Waals surface area contributed by atoms with Gasteiger partial charge in [0.25, 0.3) is 5.91 Å². The lowest BCUT2D eigenvalue weighted by molar-refractivity contribution is -0.123. The number of carbonyl (C=O) groups is 2. The van der Waals surface area contributed by atoms with Crippen molar-refractivity contribution < 1.29 is 18.9 Å². The molecule has 0 radical (unpaired) electrons. The van der Waals surface area contributed by atoms with Crippen LogP contribution >= 0.6 is 0 Å². The van der Waals surface area contributed by atoms with Crippen molar-refractivity contribution in [1.29, 1.82) is 0 Å². The molecule has 1 aliphatic rings. The minimum atomic E-state index is -0.740. The molecule has 0 aliphatic carbocycles. The van der Waals surface area contributed by atoms with Gasteiger partial charge in [0, 0.05) is 5.56 Å². The molecule has 8 nitrogen and oxygen atoms in total. The molecule has 2 amide bonds. The predicted molar refractivity (Wildman–Crippen MR) is 166 cm³/mol. The number of carbonyl (C=O) groups excluding carboxylic acids is 2. The molecule has 0 bridgehead atoms. The van der Waals surface area contributed by atoms with E-state index in [0.29, 0.717) is 24.1 Å². The van der Waals surface area contributed by atoms with E-state index in [9.17, 15) is 9.59 Å². The van der Waals surface area contributed by atoms with E-state index in [2.05, 4.69) is 20.9 Å². The van der Waals surface area contributed by atoms with Gasteiger partial charge in [0.05, 0.1) is 28.5 Å². The average Bonchev–Trinajstić information content (AvgIpc) is 3.18. The Kier molecular flexibility index (Phi) is 9.96. The highest BCUT2D eigenvalue weighted by atomic mass is 16.7. The van der Waals surface area contributed by atoms with Gasteiger partial charge in [0.1, 0.15) is 6.04 Å². The van der Waals surface area contributed by atoms with Crippen molar-refractivity contribution in [2.45, 2.75) is 77.6 Å². The van der Waals surface area contributed by atoms with Crippen LogP contribution in [-0.2, 0) is 20.5 Å². The Labute approximate surface area is 249 Å². The van der Waals surface area contributed by atoms with Crippen molar-refractivity contribution in [3.05, 3.63) is 96.1 Å². The van der Waals surface area contributed by atoms with Gasteiger partial charge in [0.15, 0.2) is 0 Å². The summed E-state index contributed by atoms with van der Waals surface area (Å²) < 4.78 is 12.7. The smallest absolute Gasteiger partial charge is 0.402 e. The van der Waals surface area contributed by atoms with Gasteiger partial charge in [-0.2, -0.15) is 10.2 Å². The predicted octanol–water partition coefficient (Wildman–Crippen LogP) is 6.61. The zero-order chi connectivity index (χ0) is 30.3. The van der Waals surface area contributed by atoms with Crippen molar-refractivity contribution in [2.24, 2.45) is 16.1 Å². The maximum Gasteiger partial charge on any atom is 0.482 e. The highest BCUT2D eigenvalue weighted by Crippen LogP contribution is 2.38. The summed E-state index contributed by atoms with van der Waals surface area (Å²) in [7, 11) is -0.646. The number of rotatable bonds is 11. The highest BCUT2D eigenvalue weighted by Gasteiger charge is 2.54. The van der Waals surface area contributed by atoms with Crippen LogP contribution in [0.2, 0.25) is 0 Å². The van der Waals surface area contributed by atoms with Crippen LogP contribution in [0.3, 0.4) is 0 Å². The molecule has 2 N–H and O–H groups in total. The average molecular weight is 569 g/mol. The van der Waals surface area contributed by atoms with Crippen LogP contribution < -0.4 is 10.6 Å². The summed E-state index contributed by atoms with van der Waals surface area (Å²) in [5.41, 5.74) is 1.75. The minimum absolute atomic E-state index is 0.172. The molecule has 3 aromatic carbocycles. The van der Waals surface area contributed by atoms with Gasteiger partial charge < -0.3 is 19.9 Å². The van der Waals surface area contributed by atoms with E-state index < -0.39 is 30.3 Å². The number of amides is 2. The first kappa shape index (κ1) is 31.1. The normalized spacial score (nSPS) is 17.3. The first-order valence-corrected chi connectivity index (χ1v) is 14.5.